The summed E-state index contributed by atoms with van der Waals surface area (Å²) >= 11 is 0. The lowest BCUT2D eigenvalue weighted by Gasteiger charge is -2.10. The highest BCUT2D eigenvalue weighted by molar-refractivity contribution is 6.12. The second kappa shape index (κ2) is 29.9. The molecule has 11 rings (SSSR count). The first-order valence-electron chi connectivity index (χ1n) is 27.7. The summed E-state index contributed by atoms with van der Waals surface area (Å²) < 4.78 is 7.59. The summed E-state index contributed by atoms with van der Waals surface area (Å²) in [6.07, 6.45) is 11.1. The Morgan fingerprint density at radius 2 is 0.872 bits per heavy atom. The Kier molecular flexibility index (Phi) is 21.3. The highest BCUT2D eigenvalue weighted by atomic mass is 16.6. The molecule has 0 unspecified atom stereocenters. The number of hydrogen-bond donors (Lipinski definition) is 2. The fourth-order valence-electron chi connectivity index (χ4n) is 8.64. The van der Waals surface area contributed by atoms with Gasteiger partial charge in [-0.3, -0.25) is 23.6 Å². The molecule has 0 bridgehead atoms. The molecule has 0 atom stereocenters. The van der Waals surface area contributed by atoms with Crippen LogP contribution in [0.4, 0.5) is 23.3 Å². The molecule has 4 heterocycles. The monoisotopic (exact) mass is 1140 g/mol. The van der Waals surface area contributed by atoms with Gasteiger partial charge in [0.25, 0.3) is 0 Å². The van der Waals surface area contributed by atoms with Crippen LogP contribution in [0.2, 0.25) is 0 Å². The summed E-state index contributed by atoms with van der Waals surface area (Å²) in [6, 6.07) is 60.5. The maximum Gasteiger partial charge on any atom is 0.213 e. The first-order valence-corrected chi connectivity index (χ1v) is 27.7. The molecule has 434 valence electrons. The second-order valence-corrected chi connectivity index (χ2v) is 20.1. The lowest BCUT2D eigenvalue weighted by atomic mass is 10.1. The van der Waals surface area contributed by atoms with Crippen molar-refractivity contribution in [2.45, 2.75) is 41.5 Å². The third kappa shape index (κ3) is 16.0. The van der Waals surface area contributed by atoms with Crippen LogP contribution >= 0.6 is 0 Å². The molecule has 4 aromatic heterocycles. The lowest BCUT2D eigenvalue weighted by Crippen LogP contribution is -2.13. The number of ketones is 2. The number of aldehydes is 1. The maximum absolute atomic E-state index is 13.3. The smallest absolute Gasteiger partial charge is 0.213 e. The first kappa shape index (κ1) is 61.2. The van der Waals surface area contributed by atoms with Crippen molar-refractivity contribution in [1.29, 1.82) is 0 Å². The predicted octanol–water partition coefficient (Wildman–Crippen LogP) is 13.4. The van der Waals surface area contributed by atoms with E-state index >= 15 is 0 Å². The molecule has 2 N–H and O–H groups in total. The van der Waals surface area contributed by atoms with Gasteiger partial charge >= 0.3 is 0 Å². The van der Waals surface area contributed by atoms with Gasteiger partial charge in [0, 0.05) is 54.2 Å². The van der Waals surface area contributed by atoms with Gasteiger partial charge in [0.1, 0.15) is 43.0 Å². The van der Waals surface area contributed by atoms with E-state index in [4.69, 9.17) is 4.84 Å². The topological polar surface area (TPSA) is 184 Å². The Morgan fingerprint density at radius 3 is 1.35 bits per heavy atom. The van der Waals surface area contributed by atoms with Crippen LogP contribution in [-0.2, 0) is 9.63 Å². The van der Waals surface area contributed by atoms with Crippen LogP contribution in [0.3, 0.4) is 0 Å². The molecule has 0 amide bonds. The highest BCUT2D eigenvalue weighted by Gasteiger charge is 2.23. The fraction of sp³-hybridized carbons (Fsp3) is 0.145. The summed E-state index contributed by atoms with van der Waals surface area (Å²) in [7, 11) is 5.45. The van der Waals surface area contributed by atoms with Crippen LogP contribution in [0.15, 0.2) is 223 Å². The van der Waals surface area contributed by atoms with Gasteiger partial charge in [-0.25, -0.2) is 35.4 Å². The van der Waals surface area contributed by atoms with Gasteiger partial charge in [-0.15, -0.1) is 0 Å². The minimum Gasteiger partial charge on any atom is -0.369 e. The lowest BCUT2D eigenvalue weighted by molar-refractivity contribution is -0.106. The van der Waals surface area contributed by atoms with E-state index < -0.39 is 0 Å². The number of hydrogen-bond acceptors (Lipinski definition) is 12. The SMILES string of the molecule is CONc1ncn(-c2ccc(C)cc2)c1C.Cc1ccc(-n2cnc(N=CN(C)C)c2C)cc1.Cc1ccc(-n2cnc(N=Cc3ccccc3)c2C(=O)c2ccccc2)cc1.Cc1ccc(-n2cnc(NCC=O)c2C(=O)c2ccccc2)cc1. The number of carbonyl (C=O) groups is 3. The van der Waals surface area contributed by atoms with Gasteiger partial charge in [-0.1, -0.05) is 162 Å². The van der Waals surface area contributed by atoms with E-state index in [1.807, 2.05) is 177 Å². The number of nitrogens with zero attached hydrogens (tertiary/aromatic N) is 11. The maximum atomic E-state index is 13.3. The highest BCUT2D eigenvalue weighted by Crippen LogP contribution is 2.27. The molecule has 11 aromatic rings. The van der Waals surface area contributed by atoms with Gasteiger partial charge < -0.3 is 24.1 Å². The molecular weight excluding hydrogens is 1070 g/mol. The quantitative estimate of drug-likeness (QED) is 0.0291. The number of nitrogens with one attached hydrogen (secondary N) is 2. The van der Waals surface area contributed by atoms with Crippen molar-refractivity contribution in [2.75, 3.05) is 38.5 Å². The van der Waals surface area contributed by atoms with Crippen molar-refractivity contribution >= 4 is 53.7 Å². The summed E-state index contributed by atoms with van der Waals surface area (Å²) in [5.74, 6) is 2.03. The van der Waals surface area contributed by atoms with Crippen LogP contribution in [0, 0.1) is 41.5 Å². The number of rotatable bonds is 17. The van der Waals surface area contributed by atoms with Crippen LogP contribution in [-0.4, -0.2) is 101 Å². The Morgan fingerprint density at radius 1 is 0.477 bits per heavy atom. The average molecular weight is 1140 g/mol. The van der Waals surface area contributed by atoms with Crippen LogP contribution in [0.5, 0.6) is 0 Å². The number of aryl methyl sites for hydroxylation is 4. The Hall–Kier alpha value is -10.9. The van der Waals surface area contributed by atoms with Crippen LogP contribution in [0.1, 0.15) is 71.3 Å². The standard InChI is InChI=1S/C24H19N3O.C19H17N3O2.C14H18N4.C12H15N3O/c1-18-12-14-21(15-13-18)27-17-26-24(25-16-19-8-4-2-5-9-19)22(27)23(28)20-10-6-3-7-11-20;1-14-7-9-16(10-8-14)22-13-21-19(20-11-12-23)17(22)18(24)15-5-3-2-4-6-15;1-11-5-7-13(8-6-11)18-10-16-14(12(18)2)15-9-17(3)4;1-9-4-6-11(7-5-9)15-8-13-12(10(15)2)14-16-3/h2-17H,1H3;2-10,12-13,20H,11H2,1H3;5-10H,1-4H3;4-8,14H,1-3H3. The third-order valence-electron chi connectivity index (χ3n) is 13.4. The van der Waals surface area contributed by atoms with E-state index in [0.29, 0.717) is 34.2 Å². The van der Waals surface area contributed by atoms with Gasteiger partial charge in [0.15, 0.2) is 23.3 Å². The van der Waals surface area contributed by atoms with Crippen molar-refractivity contribution in [2.24, 2.45) is 9.98 Å². The van der Waals surface area contributed by atoms with Crippen molar-refractivity contribution in [3.8, 4) is 22.7 Å². The normalized spacial score (nSPS) is 10.8. The first-order chi connectivity index (χ1) is 41.7. The van der Waals surface area contributed by atoms with Crippen molar-refractivity contribution in [1.82, 2.24) is 43.1 Å². The molecule has 0 saturated carbocycles. The van der Waals surface area contributed by atoms with E-state index in [2.05, 4.69) is 103 Å². The number of benzene rings is 7. The van der Waals surface area contributed by atoms with E-state index in [-0.39, 0.29) is 18.1 Å². The zero-order chi connectivity index (χ0) is 61.0. The predicted molar refractivity (Wildman–Crippen MR) is 343 cm³/mol. The Labute approximate surface area is 501 Å². The molecule has 0 radical (unpaired) electrons. The molecule has 0 aliphatic carbocycles. The molecule has 0 fully saturated rings. The molecule has 0 aliphatic rings. The van der Waals surface area contributed by atoms with Crippen LogP contribution < -0.4 is 10.8 Å². The number of imidazole rings is 4. The van der Waals surface area contributed by atoms with E-state index in [0.717, 1.165) is 68.7 Å². The minimum atomic E-state index is -0.151. The molecule has 0 spiro atoms. The van der Waals surface area contributed by atoms with Gasteiger partial charge in [-0.2, -0.15) is 0 Å². The number of aromatic nitrogens is 8. The molecule has 86 heavy (non-hydrogen) atoms. The van der Waals surface area contributed by atoms with Gasteiger partial charge in [-0.05, 0) is 95.6 Å². The largest absolute Gasteiger partial charge is 0.369 e. The number of anilines is 2. The van der Waals surface area contributed by atoms with Gasteiger partial charge in [0.05, 0.1) is 31.4 Å². The van der Waals surface area contributed by atoms with Gasteiger partial charge in [0.2, 0.25) is 11.6 Å². The van der Waals surface area contributed by atoms with E-state index in [1.165, 1.54) is 11.1 Å². The van der Waals surface area contributed by atoms with Crippen molar-refractivity contribution < 1.29 is 19.2 Å². The molecule has 17 heteroatoms. The Bertz CT molecular complexity index is 4020. The molecular formula is C69H69N13O4. The zero-order valence-electron chi connectivity index (χ0n) is 49.7. The minimum absolute atomic E-state index is 0.0972. The van der Waals surface area contributed by atoms with Crippen LogP contribution in [0.25, 0.3) is 22.7 Å². The zero-order valence-corrected chi connectivity index (χ0v) is 49.7. The Balaban J connectivity index is 0.000000153. The van der Waals surface area contributed by atoms with Crippen molar-refractivity contribution in [3.05, 3.63) is 275 Å². The molecule has 17 nitrogen and oxygen atoms in total. The third-order valence-corrected chi connectivity index (χ3v) is 13.4. The molecule has 0 aliphatic heterocycles. The fourth-order valence-corrected chi connectivity index (χ4v) is 8.64. The van der Waals surface area contributed by atoms with E-state index in [9.17, 15) is 14.4 Å². The number of carbonyl (C=O) groups excluding carboxylic acids is 3. The number of aliphatic imine (C=N–C) groups is 2. The molecule has 0 saturated heterocycles. The van der Waals surface area contributed by atoms with Crippen molar-refractivity contribution in [3.63, 3.8) is 0 Å². The summed E-state index contributed by atoms with van der Waals surface area (Å²) in [6.45, 7) is 12.3. The summed E-state index contributed by atoms with van der Waals surface area (Å²) in [5.41, 5.74) is 16.5. The van der Waals surface area contributed by atoms with E-state index in [1.54, 1.807) is 72.0 Å². The second-order valence-electron chi connectivity index (χ2n) is 20.1. The average Bonchev–Trinajstić information content (AvgIpc) is 2.39. The summed E-state index contributed by atoms with van der Waals surface area (Å²) in [5, 5.41) is 2.89. The molecule has 7 aromatic carbocycles. The summed E-state index contributed by atoms with van der Waals surface area (Å²) in [4.78, 5) is 69.7.